The normalized spacial score (nSPS) is 11.9. The molecule has 0 spiro atoms. The van der Waals surface area contributed by atoms with Crippen LogP contribution in [0.1, 0.15) is 24.1 Å². The molecule has 0 aliphatic heterocycles. The van der Waals surface area contributed by atoms with Crippen LogP contribution in [0.5, 0.6) is 5.75 Å². The Kier molecular flexibility index (Phi) is 4.06. The molecule has 1 aromatic carbocycles. The molecule has 0 radical (unpaired) electrons. The summed E-state index contributed by atoms with van der Waals surface area (Å²) in [6.07, 6.45) is 0. The van der Waals surface area contributed by atoms with E-state index in [1.807, 2.05) is 0 Å². The number of amides is 1. The monoisotopic (exact) mass is 239 g/mol. The van der Waals surface area contributed by atoms with Crippen molar-refractivity contribution in [1.82, 2.24) is 5.32 Å². The maximum atomic E-state index is 11.0. The van der Waals surface area contributed by atoms with E-state index in [1.54, 1.807) is 0 Å². The summed E-state index contributed by atoms with van der Waals surface area (Å²) in [5, 5.41) is 29.5. The van der Waals surface area contributed by atoms with Gasteiger partial charge in [-0.1, -0.05) is 12.1 Å². The van der Waals surface area contributed by atoms with Crippen molar-refractivity contribution in [2.45, 2.75) is 19.6 Å². The van der Waals surface area contributed by atoms with Gasteiger partial charge >= 0.3 is 5.97 Å². The van der Waals surface area contributed by atoms with E-state index >= 15 is 0 Å². The van der Waals surface area contributed by atoms with Crippen molar-refractivity contribution < 1.29 is 24.9 Å². The zero-order valence-corrected chi connectivity index (χ0v) is 9.17. The number of hydrogen-bond acceptors (Lipinski definition) is 4. The highest BCUT2D eigenvalue weighted by Crippen LogP contribution is 2.23. The molecule has 0 bridgehead atoms. The van der Waals surface area contributed by atoms with Gasteiger partial charge in [0.15, 0.2) is 6.04 Å². The number of rotatable bonds is 4. The van der Waals surface area contributed by atoms with Gasteiger partial charge in [0.25, 0.3) is 0 Å². The smallest absolute Gasteiger partial charge is 0.330 e. The Morgan fingerprint density at radius 3 is 2.47 bits per heavy atom. The quantitative estimate of drug-likeness (QED) is 0.598. The highest BCUT2D eigenvalue weighted by atomic mass is 16.4. The van der Waals surface area contributed by atoms with Crippen LogP contribution in [0.3, 0.4) is 0 Å². The number of benzene rings is 1. The van der Waals surface area contributed by atoms with Crippen molar-refractivity contribution in [3.63, 3.8) is 0 Å². The zero-order chi connectivity index (χ0) is 13.0. The van der Waals surface area contributed by atoms with Gasteiger partial charge in [-0.2, -0.15) is 0 Å². The lowest BCUT2D eigenvalue weighted by Gasteiger charge is -2.14. The van der Waals surface area contributed by atoms with E-state index < -0.39 is 17.9 Å². The first-order valence-electron chi connectivity index (χ1n) is 4.88. The van der Waals surface area contributed by atoms with Gasteiger partial charge in [-0.05, 0) is 11.6 Å². The minimum atomic E-state index is -1.23. The predicted octanol–water partition coefficient (Wildman–Crippen LogP) is 0.146. The first kappa shape index (κ1) is 13.0. The summed E-state index contributed by atoms with van der Waals surface area (Å²) < 4.78 is 0. The minimum Gasteiger partial charge on any atom is -0.508 e. The van der Waals surface area contributed by atoms with E-state index in [0.717, 1.165) is 0 Å². The number of carbonyl (C=O) groups excluding carboxylic acids is 1. The Labute approximate surface area is 97.5 Å². The molecule has 0 unspecified atom stereocenters. The Morgan fingerprint density at radius 1 is 1.41 bits per heavy atom. The number of nitrogens with one attached hydrogen (secondary N) is 1. The second-order valence-corrected chi connectivity index (χ2v) is 3.52. The first-order chi connectivity index (χ1) is 7.95. The van der Waals surface area contributed by atoms with Gasteiger partial charge in [-0.15, -0.1) is 0 Å². The number of aromatic hydroxyl groups is 1. The molecule has 0 fully saturated rings. The molecule has 1 aromatic rings. The molecule has 0 saturated heterocycles. The molecule has 0 aliphatic rings. The van der Waals surface area contributed by atoms with E-state index in [-0.39, 0.29) is 17.9 Å². The van der Waals surface area contributed by atoms with Crippen LogP contribution < -0.4 is 5.32 Å². The standard InChI is InChI=1S/C11H13NO5/c1-6(14)12-10(11(16)17)7-2-3-8(5-13)9(15)4-7/h2-4,10,13,15H,5H2,1H3,(H,12,14)(H,16,17)/t10-/m0/s1. The highest BCUT2D eigenvalue weighted by Gasteiger charge is 2.21. The van der Waals surface area contributed by atoms with Gasteiger partial charge in [0, 0.05) is 12.5 Å². The number of carboxylic acids is 1. The van der Waals surface area contributed by atoms with E-state index in [2.05, 4.69) is 5.32 Å². The van der Waals surface area contributed by atoms with Crippen LogP contribution >= 0.6 is 0 Å². The molecule has 0 aliphatic carbocycles. The van der Waals surface area contributed by atoms with Gasteiger partial charge in [-0.3, -0.25) is 4.79 Å². The number of aliphatic carboxylic acids is 1. The third-order valence-corrected chi connectivity index (χ3v) is 2.21. The molecule has 17 heavy (non-hydrogen) atoms. The van der Waals surface area contributed by atoms with Crippen LogP contribution in [-0.2, 0) is 16.2 Å². The van der Waals surface area contributed by atoms with Crippen LogP contribution in [-0.4, -0.2) is 27.2 Å². The van der Waals surface area contributed by atoms with Crippen molar-refractivity contribution in [1.29, 1.82) is 0 Å². The van der Waals surface area contributed by atoms with E-state index in [4.69, 9.17) is 10.2 Å². The fraction of sp³-hybridized carbons (Fsp3) is 0.273. The van der Waals surface area contributed by atoms with Gasteiger partial charge in [0.2, 0.25) is 5.91 Å². The van der Waals surface area contributed by atoms with Gasteiger partial charge in [-0.25, -0.2) is 4.79 Å². The molecule has 0 saturated carbocycles. The Bertz CT molecular complexity index is 443. The fourth-order valence-electron chi connectivity index (χ4n) is 1.39. The summed E-state index contributed by atoms with van der Waals surface area (Å²) in [5.41, 5.74) is 0.531. The molecule has 1 atom stereocenters. The molecule has 0 heterocycles. The van der Waals surface area contributed by atoms with Crippen molar-refractivity contribution in [2.75, 3.05) is 0 Å². The van der Waals surface area contributed by atoms with Gasteiger partial charge in [0.1, 0.15) is 5.75 Å². The van der Waals surface area contributed by atoms with Crippen LogP contribution in [0.25, 0.3) is 0 Å². The van der Waals surface area contributed by atoms with E-state index in [9.17, 15) is 14.7 Å². The maximum Gasteiger partial charge on any atom is 0.330 e. The summed E-state index contributed by atoms with van der Waals surface area (Å²) in [5.74, 6) is -1.92. The second-order valence-electron chi connectivity index (χ2n) is 3.52. The van der Waals surface area contributed by atoms with Crippen LogP contribution in [0.15, 0.2) is 18.2 Å². The van der Waals surface area contributed by atoms with Crippen molar-refractivity contribution in [2.24, 2.45) is 0 Å². The Morgan fingerprint density at radius 2 is 2.06 bits per heavy atom. The predicted molar refractivity (Wildman–Crippen MR) is 58.2 cm³/mol. The molecule has 6 heteroatoms. The summed E-state index contributed by atoms with van der Waals surface area (Å²) in [6.45, 7) is 0.863. The van der Waals surface area contributed by atoms with Crippen molar-refractivity contribution in [3.8, 4) is 5.75 Å². The summed E-state index contributed by atoms with van der Waals surface area (Å²) in [4.78, 5) is 21.8. The summed E-state index contributed by atoms with van der Waals surface area (Å²) >= 11 is 0. The molecular weight excluding hydrogens is 226 g/mol. The van der Waals surface area contributed by atoms with Gasteiger partial charge < -0.3 is 20.6 Å². The van der Waals surface area contributed by atoms with E-state index in [0.29, 0.717) is 5.56 Å². The fourth-order valence-corrected chi connectivity index (χ4v) is 1.39. The summed E-state index contributed by atoms with van der Waals surface area (Å²) in [7, 11) is 0. The largest absolute Gasteiger partial charge is 0.508 e. The number of aliphatic hydroxyl groups excluding tert-OH is 1. The molecule has 1 amide bonds. The number of phenols is 1. The molecule has 92 valence electrons. The number of hydrogen-bond donors (Lipinski definition) is 4. The van der Waals surface area contributed by atoms with Crippen LogP contribution in [0.4, 0.5) is 0 Å². The van der Waals surface area contributed by atoms with Crippen molar-refractivity contribution >= 4 is 11.9 Å². The maximum absolute atomic E-state index is 11.0. The van der Waals surface area contributed by atoms with E-state index in [1.165, 1.54) is 25.1 Å². The van der Waals surface area contributed by atoms with Crippen LogP contribution in [0.2, 0.25) is 0 Å². The second kappa shape index (κ2) is 5.31. The SMILES string of the molecule is CC(=O)N[C@H](C(=O)O)c1ccc(CO)c(O)c1. The molecule has 6 nitrogen and oxygen atoms in total. The molecule has 0 aromatic heterocycles. The number of carboxylic acid groups (broad SMARTS) is 1. The lowest BCUT2D eigenvalue weighted by atomic mass is 10.0. The van der Waals surface area contributed by atoms with Gasteiger partial charge in [0.05, 0.1) is 6.61 Å². The van der Waals surface area contributed by atoms with Crippen LogP contribution in [0, 0.1) is 0 Å². The van der Waals surface area contributed by atoms with Crippen molar-refractivity contribution in [3.05, 3.63) is 29.3 Å². The topological polar surface area (TPSA) is 107 Å². The number of aliphatic hydroxyl groups is 1. The third-order valence-electron chi connectivity index (χ3n) is 2.21. The lowest BCUT2D eigenvalue weighted by Crippen LogP contribution is -2.31. The lowest BCUT2D eigenvalue weighted by molar-refractivity contribution is -0.141. The zero-order valence-electron chi connectivity index (χ0n) is 9.17. The Balaban J connectivity index is 3.06. The minimum absolute atomic E-state index is 0.207. The average molecular weight is 239 g/mol. The Hall–Kier alpha value is -2.08. The third kappa shape index (κ3) is 3.18. The number of carbonyl (C=O) groups is 2. The average Bonchev–Trinajstić information content (AvgIpc) is 2.25. The molecule has 1 rings (SSSR count). The highest BCUT2D eigenvalue weighted by molar-refractivity contribution is 5.83. The molecular formula is C11H13NO5. The molecule has 4 N–H and O–H groups in total. The first-order valence-corrected chi connectivity index (χ1v) is 4.88. The summed E-state index contributed by atoms with van der Waals surface area (Å²) in [6, 6.07) is 2.83.